The molecule has 1 aliphatic carbocycles. The van der Waals surface area contributed by atoms with E-state index in [2.05, 4.69) is 5.32 Å². The van der Waals surface area contributed by atoms with Crippen LogP contribution in [0.3, 0.4) is 0 Å². The number of aliphatic hydroxyl groups excluding tert-OH is 1. The van der Waals surface area contributed by atoms with E-state index in [0.29, 0.717) is 19.4 Å². The zero-order chi connectivity index (χ0) is 12.1. The Morgan fingerprint density at radius 3 is 2.56 bits per heavy atom. The molecule has 0 aromatic rings. The van der Waals surface area contributed by atoms with Crippen molar-refractivity contribution >= 4 is 11.9 Å². The molecule has 1 aliphatic rings. The number of hydrogen-bond donors (Lipinski definition) is 3. The second kappa shape index (κ2) is 5.84. The fourth-order valence-electron chi connectivity index (χ4n) is 1.77. The number of nitrogens with one attached hydrogen (secondary N) is 1. The largest absolute Gasteiger partial charge is 0.481 e. The van der Waals surface area contributed by atoms with E-state index >= 15 is 0 Å². The molecule has 5 nitrogen and oxygen atoms in total. The maximum absolute atomic E-state index is 11.5. The molecular weight excluding hydrogens is 210 g/mol. The maximum atomic E-state index is 11.5. The number of aliphatic hydroxyl groups is 1. The Hall–Kier alpha value is -1.10. The van der Waals surface area contributed by atoms with Gasteiger partial charge in [-0.2, -0.15) is 0 Å². The summed E-state index contributed by atoms with van der Waals surface area (Å²) in [6, 6.07) is 0. The Labute approximate surface area is 94.8 Å². The Morgan fingerprint density at radius 1 is 1.44 bits per heavy atom. The van der Waals surface area contributed by atoms with Gasteiger partial charge in [0.25, 0.3) is 0 Å². The lowest BCUT2D eigenvalue weighted by molar-refractivity contribution is -0.140. The van der Waals surface area contributed by atoms with E-state index in [4.69, 9.17) is 10.2 Å². The van der Waals surface area contributed by atoms with Crippen LogP contribution in [0.5, 0.6) is 0 Å². The van der Waals surface area contributed by atoms with Crippen molar-refractivity contribution in [2.75, 3.05) is 13.2 Å². The topological polar surface area (TPSA) is 86.6 Å². The van der Waals surface area contributed by atoms with E-state index in [1.54, 1.807) is 0 Å². The van der Waals surface area contributed by atoms with Crippen LogP contribution >= 0.6 is 0 Å². The summed E-state index contributed by atoms with van der Waals surface area (Å²) in [6.45, 7) is 2.65. The van der Waals surface area contributed by atoms with Gasteiger partial charge in [0.1, 0.15) is 0 Å². The lowest BCUT2D eigenvalue weighted by Crippen LogP contribution is -2.31. The number of aliphatic carboxylic acids is 1. The van der Waals surface area contributed by atoms with Gasteiger partial charge in [-0.25, -0.2) is 0 Å². The zero-order valence-corrected chi connectivity index (χ0v) is 9.48. The van der Waals surface area contributed by atoms with Gasteiger partial charge in [0.05, 0.1) is 11.8 Å². The molecule has 5 heteroatoms. The van der Waals surface area contributed by atoms with Crippen molar-refractivity contribution in [2.45, 2.75) is 26.2 Å². The molecule has 0 bridgehead atoms. The maximum Gasteiger partial charge on any atom is 0.307 e. The molecule has 0 aromatic heterocycles. The first kappa shape index (κ1) is 13.0. The summed E-state index contributed by atoms with van der Waals surface area (Å²) < 4.78 is 0. The monoisotopic (exact) mass is 229 g/mol. The predicted molar refractivity (Wildman–Crippen MR) is 57.7 cm³/mol. The second-order valence-corrected chi connectivity index (χ2v) is 4.32. The van der Waals surface area contributed by atoms with Crippen molar-refractivity contribution < 1.29 is 19.8 Å². The fourth-order valence-corrected chi connectivity index (χ4v) is 1.77. The lowest BCUT2D eigenvalue weighted by atomic mass is 10.0. The minimum absolute atomic E-state index is 0.121. The number of carboxylic acid groups (broad SMARTS) is 1. The van der Waals surface area contributed by atoms with Gasteiger partial charge in [-0.3, -0.25) is 9.59 Å². The highest BCUT2D eigenvalue weighted by molar-refractivity contribution is 5.89. The molecule has 0 aliphatic heterocycles. The Bertz CT molecular complexity index is 267. The Balaban J connectivity index is 2.23. The standard InChI is InChI=1S/C11H19NO4/c1-2-7(3-4-13)6-12-10(14)8-5-9(8)11(15)16/h7-9,13H,2-6H2,1H3,(H,12,14)(H,15,16). The molecule has 0 heterocycles. The lowest BCUT2D eigenvalue weighted by Gasteiger charge is -2.14. The Morgan fingerprint density at radius 2 is 2.12 bits per heavy atom. The van der Waals surface area contributed by atoms with Gasteiger partial charge in [0, 0.05) is 13.2 Å². The number of hydrogen-bond acceptors (Lipinski definition) is 3. The quantitative estimate of drug-likeness (QED) is 0.583. The van der Waals surface area contributed by atoms with Crippen LogP contribution in [0.15, 0.2) is 0 Å². The van der Waals surface area contributed by atoms with Crippen LogP contribution in [0, 0.1) is 17.8 Å². The van der Waals surface area contributed by atoms with E-state index in [-0.39, 0.29) is 24.3 Å². The van der Waals surface area contributed by atoms with Gasteiger partial charge in [0.15, 0.2) is 0 Å². The van der Waals surface area contributed by atoms with E-state index in [1.165, 1.54) is 0 Å². The number of carbonyl (C=O) groups excluding carboxylic acids is 1. The summed E-state index contributed by atoms with van der Waals surface area (Å²) in [5, 5.41) is 20.2. The third-order valence-electron chi connectivity index (χ3n) is 3.12. The van der Waals surface area contributed by atoms with Gasteiger partial charge in [-0.1, -0.05) is 13.3 Å². The molecule has 1 amide bonds. The van der Waals surface area contributed by atoms with Gasteiger partial charge in [-0.05, 0) is 18.8 Å². The summed E-state index contributed by atoms with van der Waals surface area (Å²) >= 11 is 0. The highest BCUT2D eigenvalue weighted by atomic mass is 16.4. The van der Waals surface area contributed by atoms with Crippen LogP contribution in [0.2, 0.25) is 0 Å². The molecular formula is C11H19NO4. The van der Waals surface area contributed by atoms with Gasteiger partial charge >= 0.3 is 5.97 Å². The predicted octanol–water partition coefficient (Wildman–Crippen LogP) is 0.232. The molecule has 3 N–H and O–H groups in total. The van der Waals surface area contributed by atoms with E-state index in [0.717, 1.165) is 6.42 Å². The molecule has 16 heavy (non-hydrogen) atoms. The fraction of sp³-hybridized carbons (Fsp3) is 0.818. The molecule has 1 saturated carbocycles. The smallest absolute Gasteiger partial charge is 0.307 e. The average Bonchev–Trinajstić information content (AvgIpc) is 3.03. The van der Waals surface area contributed by atoms with Crippen LogP contribution in [-0.2, 0) is 9.59 Å². The normalized spacial score (nSPS) is 24.9. The molecule has 1 fully saturated rings. The first-order chi connectivity index (χ1) is 7.60. The molecule has 3 unspecified atom stereocenters. The minimum atomic E-state index is -0.887. The summed E-state index contributed by atoms with van der Waals surface area (Å²) in [4.78, 5) is 22.1. The van der Waals surface area contributed by atoms with Crippen LogP contribution < -0.4 is 5.32 Å². The molecule has 3 atom stereocenters. The van der Waals surface area contributed by atoms with Gasteiger partial charge in [-0.15, -0.1) is 0 Å². The van der Waals surface area contributed by atoms with Crippen molar-refractivity contribution in [1.29, 1.82) is 0 Å². The number of carbonyl (C=O) groups is 2. The molecule has 0 saturated heterocycles. The average molecular weight is 229 g/mol. The highest BCUT2D eigenvalue weighted by Crippen LogP contribution is 2.38. The first-order valence-electron chi connectivity index (χ1n) is 5.71. The van der Waals surface area contributed by atoms with Crippen molar-refractivity contribution in [3.8, 4) is 0 Å². The molecule has 0 aromatic carbocycles. The summed E-state index contributed by atoms with van der Waals surface area (Å²) in [6.07, 6.45) is 2.02. The third-order valence-corrected chi connectivity index (χ3v) is 3.12. The van der Waals surface area contributed by atoms with Crippen LogP contribution in [0.25, 0.3) is 0 Å². The van der Waals surface area contributed by atoms with E-state index in [9.17, 15) is 9.59 Å². The van der Waals surface area contributed by atoms with Crippen molar-refractivity contribution in [1.82, 2.24) is 5.32 Å². The van der Waals surface area contributed by atoms with E-state index in [1.807, 2.05) is 6.92 Å². The molecule has 92 valence electrons. The highest BCUT2D eigenvalue weighted by Gasteiger charge is 2.48. The zero-order valence-electron chi connectivity index (χ0n) is 9.48. The third kappa shape index (κ3) is 3.48. The minimum Gasteiger partial charge on any atom is -0.481 e. The van der Waals surface area contributed by atoms with E-state index < -0.39 is 11.9 Å². The van der Waals surface area contributed by atoms with Crippen molar-refractivity contribution in [3.63, 3.8) is 0 Å². The Kier molecular flexibility index (Phi) is 4.73. The molecule has 1 rings (SSSR count). The summed E-state index contributed by atoms with van der Waals surface area (Å²) in [5.74, 6) is -1.61. The molecule has 0 radical (unpaired) electrons. The van der Waals surface area contributed by atoms with Gasteiger partial charge < -0.3 is 15.5 Å². The van der Waals surface area contributed by atoms with Crippen LogP contribution in [0.4, 0.5) is 0 Å². The van der Waals surface area contributed by atoms with Crippen LogP contribution in [0.1, 0.15) is 26.2 Å². The van der Waals surface area contributed by atoms with Crippen molar-refractivity contribution in [3.05, 3.63) is 0 Å². The van der Waals surface area contributed by atoms with Crippen LogP contribution in [-0.4, -0.2) is 35.2 Å². The molecule has 0 spiro atoms. The van der Waals surface area contributed by atoms with Crippen molar-refractivity contribution in [2.24, 2.45) is 17.8 Å². The summed E-state index contributed by atoms with van der Waals surface area (Å²) in [5.41, 5.74) is 0. The first-order valence-corrected chi connectivity index (χ1v) is 5.71. The summed E-state index contributed by atoms with van der Waals surface area (Å²) in [7, 11) is 0. The van der Waals surface area contributed by atoms with Gasteiger partial charge in [0.2, 0.25) is 5.91 Å². The second-order valence-electron chi connectivity index (χ2n) is 4.32. The number of amides is 1. The number of carboxylic acids is 1. The number of rotatable bonds is 7. The SMILES string of the molecule is CCC(CCO)CNC(=O)C1CC1C(=O)O.